The van der Waals surface area contributed by atoms with E-state index >= 15 is 0 Å². The molecular formula is C18H19NNa4O11S. The van der Waals surface area contributed by atoms with Gasteiger partial charge in [-0.15, -0.1) is 0 Å². The van der Waals surface area contributed by atoms with Gasteiger partial charge < -0.3 is 39.0 Å². The summed E-state index contributed by atoms with van der Waals surface area (Å²) in [7, 11) is -4.94. The maximum absolute atomic E-state index is 12.5. The fourth-order valence-electron chi connectivity index (χ4n) is 3.05. The van der Waals surface area contributed by atoms with E-state index in [0.717, 1.165) is 25.4 Å². The number of aromatic nitrogens is 1. The van der Waals surface area contributed by atoms with Crippen molar-refractivity contribution in [3.8, 4) is 0 Å². The van der Waals surface area contributed by atoms with Gasteiger partial charge in [0.05, 0.1) is 10.8 Å². The molecule has 1 rings (SSSR count). The molecule has 17 heteroatoms. The first-order chi connectivity index (χ1) is 14.3. The van der Waals surface area contributed by atoms with E-state index in [1.807, 2.05) is 0 Å². The molecule has 12 nitrogen and oxygen atoms in total. The second kappa shape index (κ2) is 19.9. The molecule has 0 spiro atoms. The summed E-state index contributed by atoms with van der Waals surface area (Å²) in [6.07, 6.45) is 0.951. The SMILES string of the molecule is CCC(C(=O)OCc1ccncc1S(=O)(=O)[O-])C(C(=O)[O-])C(CC(C)C(=O)[O-])C(=O)[O-].[Na+].[Na+].[Na+].[Na+]. The van der Waals surface area contributed by atoms with Gasteiger partial charge in [0.15, 0.2) is 0 Å². The topological polar surface area (TPSA) is 217 Å². The van der Waals surface area contributed by atoms with E-state index in [2.05, 4.69) is 4.98 Å². The zero-order valence-electron chi connectivity index (χ0n) is 20.5. The van der Waals surface area contributed by atoms with Crippen molar-refractivity contribution in [3.63, 3.8) is 0 Å². The molecule has 1 aromatic rings. The molecule has 172 valence electrons. The molecule has 4 unspecified atom stereocenters. The van der Waals surface area contributed by atoms with Crippen LogP contribution in [-0.4, -0.2) is 41.8 Å². The Morgan fingerprint density at radius 1 is 0.971 bits per heavy atom. The minimum absolute atomic E-state index is 0. The fraction of sp³-hybridized carbons (Fsp3) is 0.500. The van der Waals surface area contributed by atoms with Gasteiger partial charge >= 0.3 is 124 Å². The number of carbonyl (C=O) groups excluding carboxylic acids is 4. The molecule has 0 radical (unpaired) electrons. The van der Waals surface area contributed by atoms with Crippen LogP contribution in [-0.2, 0) is 40.6 Å². The predicted octanol–water partition coefficient (Wildman–Crippen LogP) is -15.4. The molecule has 1 aromatic heterocycles. The van der Waals surface area contributed by atoms with Crippen molar-refractivity contribution < 1.29 is 170 Å². The fourth-order valence-corrected chi connectivity index (χ4v) is 3.69. The van der Waals surface area contributed by atoms with E-state index in [9.17, 15) is 47.5 Å². The van der Waals surface area contributed by atoms with E-state index in [1.165, 1.54) is 6.92 Å². The Morgan fingerprint density at radius 3 is 1.91 bits per heavy atom. The van der Waals surface area contributed by atoms with Crippen molar-refractivity contribution in [3.05, 3.63) is 24.0 Å². The Hall–Kier alpha value is 0.940. The zero-order chi connectivity index (χ0) is 23.9. The third-order valence-electron chi connectivity index (χ3n) is 4.70. The van der Waals surface area contributed by atoms with Gasteiger partial charge in [0.25, 0.3) is 0 Å². The molecule has 35 heavy (non-hydrogen) atoms. The van der Waals surface area contributed by atoms with Crippen molar-refractivity contribution in [1.29, 1.82) is 0 Å². The van der Waals surface area contributed by atoms with Crippen LogP contribution in [0.2, 0.25) is 0 Å². The van der Waals surface area contributed by atoms with E-state index in [1.54, 1.807) is 0 Å². The van der Waals surface area contributed by atoms with Gasteiger partial charge in [-0.2, -0.15) is 0 Å². The maximum atomic E-state index is 12.5. The number of ether oxygens (including phenoxy) is 1. The number of hydrogen-bond acceptors (Lipinski definition) is 12. The predicted molar refractivity (Wildman–Crippen MR) is 91.6 cm³/mol. The van der Waals surface area contributed by atoms with Crippen molar-refractivity contribution in [2.24, 2.45) is 23.7 Å². The van der Waals surface area contributed by atoms with Crippen LogP contribution >= 0.6 is 0 Å². The maximum Gasteiger partial charge on any atom is 1.00 e. The van der Waals surface area contributed by atoms with Gasteiger partial charge in [-0.1, -0.05) is 13.8 Å². The molecule has 0 aliphatic rings. The van der Waals surface area contributed by atoms with Crippen LogP contribution in [0.15, 0.2) is 23.4 Å². The molecule has 0 aliphatic carbocycles. The Labute approximate surface area is 291 Å². The number of nitrogens with zero attached hydrogens (tertiary/aromatic N) is 1. The first-order valence-corrected chi connectivity index (χ1v) is 10.4. The Bertz CT molecular complexity index is 962. The van der Waals surface area contributed by atoms with Crippen LogP contribution < -0.4 is 134 Å². The normalized spacial score (nSPS) is 13.6. The third-order valence-corrected chi connectivity index (χ3v) is 5.61. The molecule has 0 aromatic carbocycles. The number of rotatable bonds is 12. The van der Waals surface area contributed by atoms with Gasteiger partial charge in [0.2, 0.25) is 0 Å². The molecular weight excluding hydrogens is 530 g/mol. The van der Waals surface area contributed by atoms with Gasteiger partial charge in [-0.25, -0.2) is 8.42 Å². The molecule has 0 saturated carbocycles. The quantitative estimate of drug-likeness (QED) is 0.135. The van der Waals surface area contributed by atoms with Crippen LogP contribution in [0.1, 0.15) is 32.3 Å². The first-order valence-electron chi connectivity index (χ1n) is 8.99. The number of aliphatic carboxylic acids is 3. The smallest absolute Gasteiger partial charge is 0.744 e. The molecule has 0 amide bonds. The average Bonchev–Trinajstić information content (AvgIpc) is 2.67. The van der Waals surface area contributed by atoms with Crippen molar-refractivity contribution in [2.45, 2.75) is 38.2 Å². The first kappa shape index (κ1) is 43.0. The number of carbonyl (C=O) groups is 4. The zero-order valence-corrected chi connectivity index (χ0v) is 29.3. The van der Waals surface area contributed by atoms with Crippen LogP contribution in [0.3, 0.4) is 0 Å². The number of carboxylic acid groups (broad SMARTS) is 3. The van der Waals surface area contributed by atoms with Crippen molar-refractivity contribution >= 4 is 34.0 Å². The standard InChI is InChI=1S/C18H23NO11S.4Na/c1-3-11(14(17(24)25)12(16(22)23)6-9(2)15(20)21)18(26)30-8-10-4-5-19-7-13(10)31(27,28)29;;;;/h4-5,7,9,11-12,14H,3,6,8H2,1-2H3,(H,20,21)(H,22,23)(H,24,25)(H,27,28,29);;;;/q;4*+1/p-4. The molecule has 0 fully saturated rings. The van der Waals surface area contributed by atoms with Crippen LogP contribution in [0.5, 0.6) is 0 Å². The van der Waals surface area contributed by atoms with Crippen molar-refractivity contribution in [1.82, 2.24) is 4.98 Å². The summed E-state index contributed by atoms with van der Waals surface area (Å²) in [4.78, 5) is 49.4. The van der Waals surface area contributed by atoms with E-state index in [0.29, 0.717) is 0 Å². The number of carboxylic acids is 3. The Balaban J connectivity index is -0.00000120. The van der Waals surface area contributed by atoms with Gasteiger partial charge in [0.1, 0.15) is 16.7 Å². The average molecular weight is 549 g/mol. The summed E-state index contributed by atoms with van der Waals surface area (Å²) in [5, 5.41) is 34.1. The van der Waals surface area contributed by atoms with Gasteiger partial charge in [-0.3, -0.25) is 9.78 Å². The molecule has 0 N–H and O–H groups in total. The van der Waals surface area contributed by atoms with Crippen LogP contribution in [0.25, 0.3) is 0 Å². The number of pyridine rings is 1. The summed E-state index contributed by atoms with van der Waals surface area (Å²) in [6.45, 7) is 1.72. The molecule has 0 aliphatic heterocycles. The largest absolute Gasteiger partial charge is 1.00 e. The summed E-state index contributed by atoms with van der Waals surface area (Å²) in [5.74, 6) is -13.5. The van der Waals surface area contributed by atoms with Crippen LogP contribution in [0.4, 0.5) is 0 Å². The molecule has 0 bridgehead atoms. The van der Waals surface area contributed by atoms with Crippen LogP contribution in [0, 0.1) is 23.7 Å². The molecule has 0 saturated heterocycles. The summed E-state index contributed by atoms with van der Waals surface area (Å²) in [6, 6.07) is 1.10. The number of hydrogen-bond donors (Lipinski definition) is 0. The second-order valence-electron chi connectivity index (χ2n) is 6.79. The molecule has 4 atom stereocenters. The Kier molecular flexibility index (Phi) is 24.5. The van der Waals surface area contributed by atoms with Crippen molar-refractivity contribution in [2.75, 3.05) is 0 Å². The minimum Gasteiger partial charge on any atom is -0.744 e. The summed E-state index contributed by atoms with van der Waals surface area (Å²) in [5.41, 5.74) is -0.222. The Morgan fingerprint density at radius 2 is 1.51 bits per heavy atom. The number of esters is 1. The monoisotopic (exact) mass is 549 g/mol. The summed E-state index contributed by atoms with van der Waals surface area (Å²) >= 11 is 0. The van der Waals surface area contributed by atoms with E-state index in [-0.39, 0.29) is 130 Å². The third kappa shape index (κ3) is 13.5. The van der Waals surface area contributed by atoms with Gasteiger partial charge in [0, 0.05) is 47.7 Å². The second-order valence-corrected chi connectivity index (χ2v) is 8.13. The van der Waals surface area contributed by atoms with E-state index in [4.69, 9.17) is 4.74 Å². The van der Waals surface area contributed by atoms with Gasteiger partial charge in [-0.05, 0) is 24.8 Å². The summed E-state index contributed by atoms with van der Waals surface area (Å²) < 4.78 is 38.7. The van der Waals surface area contributed by atoms with E-state index < -0.39 is 75.6 Å². The minimum atomic E-state index is -4.94. The molecule has 1 heterocycles.